The van der Waals surface area contributed by atoms with Gasteiger partial charge in [-0.1, -0.05) is 12.1 Å². The Balaban J connectivity index is 1.34. The van der Waals surface area contributed by atoms with Crippen molar-refractivity contribution in [2.75, 3.05) is 6.54 Å². The van der Waals surface area contributed by atoms with Crippen molar-refractivity contribution in [3.63, 3.8) is 0 Å². The first kappa shape index (κ1) is 19.6. The minimum absolute atomic E-state index is 0.00712. The monoisotopic (exact) mass is 399 g/mol. The van der Waals surface area contributed by atoms with Crippen LogP contribution in [0.1, 0.15) is 50.5 Å². The largest absolute Gasteiger partial charge is 0.487 e. The molecule has 28 heavy (non-hydrogen) atoms. The number of Topliss-reactive ketones (excluding diaryl/α,β-unsaturated/α-hetero) is 1. The predicted octanol–water partition coefficient (Wildman–Crippen LogP) is 3.98. The maximum absolute atomic E-state index is 12.8. The summed E-state index contributed by atoms with van der Waals surface area (Å²) < 4.78 is 6.14. The fourth-order valence-corrected chi connectivity index (χ4v) is 5.47. The Morgan fingerprint density at radius 1 is 1.21 bits per heavy atom. The second-order valence-electron chi connectivity index (χ2n) is 8.23. The number of thiophene rings is 1. The SMILES string of the molecule is Cc1cc2c(s1)CCC(CN[C@@H]1CC[C@@H](Oc3cccc(C)c3C)[C@@H]1O)C2=O. The van der Waals surface area contributed by atoms with Gasteiger partial charge in [0.2, 0.25) is 0 Å². The third-order valence-corrected chi connectivity index (χ3v) is 7.41. The molecule has 1 aromatic carbocycles. The number of aliphatic hydroxyl groups excluding tert-OH is 1. The molecule has 0 amide bonds. The summed E-state index contributed by atoms with van der Waals surface area (Å²) in [7, 11) is 0. The molecule has 0 radical (unpaired) electrons. The summed E-state index contributed by atoms with van der Waals surface area (Å²) in [5.74, 6) is 1.12. The average Bonchev–Trinajstić information content (AvgIpc) is 3.22. The fourth-order valence-electron chi connectivity index (χ4n) is 4.41. The lowest BCUT2D eigenvalue weighted by atomic mass is 9.87. The zero-order valence-corrected chi connectivity index (χ0v) is 17.6. The van der Waals surface area contributed by atoms with Crippen LogP contribution in [0, 0.1) is 26.7 Å². The Hall–Kier alpha value is -1.69. The van der Waals surface area contributed by atoms with E-state index in [1.165, 1.54) is 15.3 Å². The normalized spacial score (nSPS) is 27.1. The minimum Gasteiger partial charge on any atom is -0.487 e. The second-order valence-corrected chi connectivity index (χ2v) is 9.57. The molecule has 4 rings (SSSR count). The molecular formula is C23H29NO3S. The highest BCUT2D eigenvalue weighted by Crippen LogP contribution is 2.33. The predicted molar refractivity (Wildman–Crippen MR) is 113 cm³/mol. The molecule has 1 unspecified atom stereocenters. The van der Waals surface area contributed by atoms with E-state index in [1.54, 1.807) is 11.3 Å². The van der Waals surface area contributed by atoms with Crippen LogP contribution >= 0.6 is 11.3 Å². The van der Waals surface area contributed by atoms with Gasteiger partial charge in [-0.3, -0.25) is 4.79 Å². The van der Waals surface area contributed by atoms with Crippen LogP contribution in [0.15, 0.2) is 24.3 Å². The van der Waals surface area contributed by atoms with Gasteiger partial charge in [0.05, 0.1) is 0 Å². The van der Waals surface area contributed by atoms with E-state index < -0.39 is 6.10 Å². The molecule has 0 spiro atoms. The molecule has 1 aromatic heterocycles. The van der Waals surface area contributed by atoms with Crippen molar-refractivity contribution in [1.82, 2.24) is 5.32 Å². The van der Waals surface area contributed by atoms with Gasteiger partial charge < -0.3 is 15.2 Å². The number of rotatable bonds is 5. The van der Waals surface area contributed by atoms with E-state index in [9.17, 15) is 9.90 Å². The summed E-state index contributed by atoms with van der Waals surface area (Å²) in [6.07, 6.45) is 2.80. The van der Waals surface area contributed by atoms with Crippen molar-refractivity contribution in [2.24, 2.45) is 5.92 Å². The Labute approximate surface area is 170 Å². The number of nitrogens with one attached hydrogen (secondary N) is 1. The Morgan fingerprint density at radius 2 is 2.04 bits per heavy atom. The summed E-state index contributed by atoms with van der Waals surface area (Å²) in [6, 6.07) is 8.04. The summed E-state index contributed by atoms with van der Waals surface area (Å²) in [5, 5.41) is 14.2. The van der Waals surface area contributed by atoms with E-state index in [1.807, 2.05) is 18.2 Å². The molecule has 2 aliphatic carbocycles. The Morgan fingerprint density at radius 3 is 2.86 bits per heavy atom. The summed E-state index contributed by atoms with van der Waals surface area (Å²) in [6.45, 7) is 6.82. The molecule has 1 saturated carbocycles. The summed E-state index contributed by atoms with van der Waals surface area (Å²) in [4.78, 5) is 15.2. The topological polar surface area (TPSA) is 58.6 Å². The molecule has 4 nitrogen and oxygen atoms in total. The van der Waals surface area contributed by atoms with Gasteiger partial charge in [0.1, 0.15) is 18.0 Å². The maximum atomic E-state index is 12.8. The van der Waals surface area contributed by atoms with E-state index in [-0.39, 0.29) is 23.8 Å². The standard InChI is InChI=1S/C23H29NO3S/c1-13-5-4-6-19(15(13)3)27-20-9-8-18(23(20)26)24-12-16-7-10-21-17(22(16)25)11-14(2)28-21/h4-6,11,16,18,20,23-24,26H,7-10,12H2,1-3H3/t16?,18-,20-,23-/m1/s1. The molecule has 5 heteroatoms. The third kappa shape index (κ3) is 3.76. The van der Waals surface area contributed by atoms with Crippen molar-refractivity contribution >= 4 is 17.1 Å². The van der Waals surface area contributed by atoms with Gasteiger partial charge in [0.25, 0.3) is 0 Å². The number of fused-ring (bicyclic) bond motifs is 1. The van der Waals surface area contributed by atoms with Gasteiger partial charge in [-0.25, -0.2) is 0 Å². The van der Waals surface area contributed by atoms with Gasteiger partial charge in [-0.05, 0) is 69.7 Å². The molecule has 0 bridgehead atoms. The van der Waals surface area contributed by atoms with Crippen LogP contribution in [0.25, 0.3) is 0 Å². The number of ketones is 1. The number of hydrogen-bond donors (Lipinski definition) is 2. The smallest absolute Gasteiger partial charge is 0.168 e. The first-order valence-corrected chi connectivity index (χ1v) is 11.0. The number of aryl methyl sites for hydroxylation is 3. The molecule has 2 aliphatic rings. The third-order valence-electron chi connectivity index (χ3n) is 6.30. The first-order chi connectivity index (χ1) is 13.4. The van der Waals surface area contributed by atoms with E-state index >= 15 is 0 Å². The van der Waals surface area contributed by atoms with Crippen molar-refractivity contribution < 1.29 is 14.6 Å². The lowest BCUT2D eigenvalue weighted by molar-refractivity contribution is 0.0438. The van der Waals surface area contributed by atoms with Crippen LogP contribution in [0.2, 0.25) is 0 Å². The van der Waals surface area contributed by atoms with Gasteiger partial charge >= 0.3 is 0 Å². The zero-order chi connectivity index (χ0) is 19.8. The molecule has 0 aliphatic heterocycles. The zero-order valence-electron chi connectivity index (χ0n) is 16.8. The highest BCUT2D eigenvalue weighted by Gasteiger charge is 2.37. The molecule has 150 valence electrons. The van der Waals surface area contributed by atoms with Gasteiger partial charge in [-0.2, -0.15) is 0 Å². The molecule has 2 N–H and O–H groups in total. The number of benzene rings is 1. The highest BCUT2D eigenvalue weighted by atomic mass is 32.1. The van der Waals surface area contributed by atoms with Crippen LogP contribution in [0.5, 0.6) is 5.75 Å². The van der Waals surface area contributed by atoms with Crippen molar-refractivity contribution in [2.45, 2.75) is 64.7 Å². The average molecular weight is 400 g/mol. The first-order valence-electron chi connectivity index (χ1n) is 10.2. The van der Waals surface area contributed by atoms with Crippen molar-refractivity contribution in [3.05, 3.63) is 50.7 Å². The molecule has 4 atom stereocenters. The number of ether oxygens (including phenoxy) is 1. The molecular weight excluding hydrogens is 370 g/mol. The summed E-state index contributed by atoms with van der Waals surface area (Å²) in [5.41, 5.74) is 3.24. The number of carbonyl (C=O) groups excluding carboxylic acids is 1. The Kier molecular flexibility index (Phi) is 5.59. The highest BCUT2D eigenvalue weighted by molar-refractivity contribution is 7.12. The lowest BCUT2D eigenvalue weighted by Crippen LogP contribution is -2.44. The van der Waals surface area contributed by atoms with Gasteiger partial charge in [0.15, 0.2) is 5.78 Å². The Bertz CT molecular complexity index is 875. The van der Waals surface area contributed by atoms with Gasteiger partial charge in [0, 0.05) is 33.8 Å². The second kappa shape index (κ2) is 7.97. The van der Waals surface area contributed by atoms with E-state index in [0.717, 1.165) is 42.6 Å². The van der Waals surface area contributed by atoms with Crippen molar-refractivity contribution in [1.29, 1.82) is 0 Å². The number of hydrogen-bond acceptors (Lipinski definition) is 5. The van der Waals surface area contributed by atoms with E-state index in [0.29, 0.717) is 6.54 Å². The number of carbonyl (C=O) groups is 1. The maximum Gasteiger partial charge on any atom is 0.168 e. The fraction of sp³-hybridized carbons (Fsp3) is 0.522. The van der Waals surface area contributed by atoms with Crippen LogP contribution in [0.3, 0.4) is 0 Å². The van der Waals surface area contributed by atoms with Gasteiger partial charge in [-0.15, -0.1) is 11.3 Å². The van der Waals surface area contributed by atoms with E-state index in [4.69, 9.17) is 4.74 Å². The quantitative estimate of drug-likeness (QED) is 0.798. The lowest BCUT2D eigenvalue weighted by Gasteiger charge is -2.26. The van der Waals surface area contributed by atoms with E-state index in [2.05, 4.69) is 32.2 Å². The van der Waals surface area contributed by atoms with Crippen LogP contribution in [-0.4, -0.2) is 35.7 Å². The number of aliphatic hydroxyl groups is 1. The van der Waals surface area contributed by atoms with Crippen LogP contribution in [-0.2, 0) is 6.42 Å². The van der Waals surface area contributed by atoms with Crippen LogP contribution in [0.4, 0.5) is 0 Å². The molecule has 1 heterocycles. The van der Waals surface area contributed by atoms with Crippen LogP contribution < -0.4 is 10.1 Å². The molecule has 1 fully saturated rings. The minimum atomic E-state index is -0.558. The van der Waals surface area contributed by atoms with Crippen molar-refractivity contribution in [3.8, 4) is 5.75 Å². The molecule has 0 saturated heterocycles. The summed E-state index contributed by atoms with van der Waals surface area (Å²) >= 11 is 1.75. The molecule has 2 aromatic rings.